The van der Waals surface area contributed by atoms with Gasteiger partial charge in [0, 0.05) is 13.5 Å². The summed E-state index contributed by atoms with van der Waals surface area (Å²) < 4.78 is 29.6. The number of allylic oxidation sites excluding steroid dienone is 1. The summed E-state index contributed by atoms with van der Waals surface area (Å²) in [4.78, 5) is 23.3. The van der Waals surface area contributed by atoms with E-state index in [1.807, 2.05) is 27.2 Å². The van der Waals surface area contributed by atoms with Gasteiger partial charge in [-0.25, -0.2) is 4.57 Å². The van der Waals surface area contributed by atoms with E-state index in [4.69, 9.17) is 13.8 Å². The third-order valence-electron chi connectivity index (χ3n) is 10.0. The highest BCUT2D eigenvalue weighted by atomic mass is 31.2. The van der Waals surface area contributed by atoms with Crippen molar-refractivity contribution in [3.63, 3.8) is 0 Å². The topological polar surface area (TPSA) is 94.1 Å². The van der Waals surface area contributed by atoms with Crippen LogP contribution in [0.1, 0.15) is 200 Å². The summed E-state index contributed by atoms with van der Waals surface area (Å²) in [6, 6.07) is -0.602. The molecule has 0 aliphatic carbocycles. The van der Waals surface area contributed by atoms with E-state index in [9.17, 15) is 14.3 Å². The van der Waals surface area contributed by atoms with Crippen molar-refractivity contribution in [2.24, 2.45) is 0 Å². The number of likely N-dealkylation sites (N-methyl/N-ethyl adjacent to an activating group) is 1. The van der Waals surface area contributed by atoms with Crippen molar-refractivity contribution in [2.45, 2.75) is 212 Å². The van der Waals surface area contributed by atoms with E-state index in [-0.39, 0.29) is 19.1 Å². The monoisotopic (exact) mass is 760 g/mol. The molecular weight excluding hydrogens is 671 g/mol. The second-order valence-electron chi connectivity index (χ2n) is 16.3. The summed E-state index contributed by atoms with van der Waals surface area (Å²) in [6.07, 6.45) is 40.0. The molecule has 0 aromatic heterocycles. The number of unbranched alkanes of at least 4 members (excludes halogenated alkanes) is 26. The molecule has 9 heteroatoms. The minimum atomic E-state index is -4.28. The molecule has 0 spiro atoms. The Morgan fingerprint density at radius 2 is 1.06 bits per heavy atom. The lowest BCUT2D eigenvalue weighted by atomic mass is 10.0. The van der Waals surface area contributed by atoms with Crippen LogP contribution in [-0.4, -0.2) is 75.4 Å². The van der Waals surface area contributed by atoms with Gasteiger partial charge in [-0.2, -0.15) is 0 Å². The molecule has 0 bridgehead atoms. The van der Waals surface area contributed by atoms with Crippen molar-refractivity contribution in [3.05, 3.63) is 12.2 Å². The number of nitrogens with zero attached hydrogens (tertiary/aromatic N) is 1. The van der Waals surface area contributed by atoms with Gasteiger partial charge in [0.25, 0.3) is 0 Å². The molecule has 0 aromatic carbocycles. The van der Waals surface area contributed by atoms with Crippen molar-refractivity contribution in [3.8, 4) is 0 Å². The molecule has 0 heterocycles. The average molecular weight is 760 g/mol. The standard InChI is InChI=1S/C43H87N2O6P/c1-7-9-11-13-15-17-19-21-22-23-25-27-29-31-33-35-37-43(46)44-41(40-51-52(47,48)50-39-38-45(3,4)5)42(49-6)36-34-32-30-28-26-24-20-18-16-14-12-10-8-2/h34,36,41-42H,7-33,35,37-40H2,1-6H3,(H-,44,46,47,48)/p+1/b36-34+. The van der Waals surface area contributed by atoms with Gasteiger partial charge in [-0.3, -0.25) is 13.8 Å². The van der Waals surface area contributed by atoms with Gasteiger partial charge in [0.2, 0.25) is 5.91 Å². The summed E-state index contributed by atoms with van der Waals surface area (Å²) in [5.74, 6) is -0.0847. The number of nitrogens with one attached hydrogen (secondary N) is 1. The lowest BCUT2D eigenvalue weighted by molar-refractivity contribution is -0.870. The van der Waals surface area contributed by atoms with Crippen LogP contribution < -0.4 is 5.32 Å². The highest BCUT2D eigenvalue weighted by molar-refractivity contribution is 7.47. The fourth-order valence-electron chi connectivity index (χ4n) is 6.51. The van der Waals surface area contributed by atoms with Crippen LogP contribution >= 0.6 is 7.82 Å². The molecule has 0 radical (unpaired) electrons. The Morgan fingerprint density at radius 3 is 1.46 bits per heavy atom. The maximum atomic E-state index is 13.0. The van der Waals surface area contributed by atoms with Gasteiger partial charge in [0.15, 0.2) is 0 Å². The number of amides is 1. The van der Waals surface area contributed by atoms with Crippen molar-refractivity contribution in [2.75, 3.05) is 48.0 Å². The largest absolute Gasteiger partial charge is 0.472 e. The van der Waals surface area contributed by atoms with Crippen LogP contribution in [0.25, 0.3) is 0 Å². The lowest BCUT2D eigenvalue weighted by Crippen LogP contribution is -2.46. The Bertz CT molecular complexity index is 865. The van der Waals surface area contributed by atoms with E-state index >= 15 is 0 Å². The normalized spacial score (nSPS) is 14.5. The molecule has 310 valence electrons. The number of phosphoric ester groups is 1. The number of hydrogen-bond acceptors (Lipinski definition) is 5. The van der Waals surface area contributed by atoms with E-state index in [0.717, 1.165) is 32.1 Å². The first-order valence-corrected chi connectivity index (χ1v) is 23.4. The zero-order valence-corrected chi connectivity index (χ0v) is 36.2. The number of quaternary nitrogens is 1. The first-order chi connectivity index (χ1) is 25.0. The SMILES string of the molecule is CCCCCCCCCCCCC/C=C/C(OC)C(COP(=O)(O)OCC[N+](C)(C)C)NC(=O)CCCCCCCCCCCCCCCCCC. The van der Waals surface area contributed by atoms with E-state index < -0.39 is 20.0 Å². The van der Waals surface area contributed by atoms with Crippen LogP contribution in [0.4, 0.5) is 0 Å². The van der Waals surface area contributed by atoms with Crippen LogP contribution in [0, 0.1) is 0 Å². The van der Waals surface area contributed by atoms with Crippen LogP contribution in [0.2, 0.25) is 0 Å². The molecule has 0 saturated heterocycles. The number of rotatable bonds is 40. The molecule has 2 N–H and O–H groups in total. The highest BCUT2D eigenvalue weighted by Crippen LogP contribution is 2.43. The summed E-state index contributed by atoms with van der Waals surface area (Å²) in [6.45, 7) is 5.02. The van der Waals surface area contributed by atoms with Gasteiger partial charge in [-0.05, 0) is 19.3 Å². The van der Waals surface area contributed by atoms with Crippen molar-refractivity contribution < 1.29 is 32.5 Å². The van der Waals surface area contributed by atoms with Gasteiger partial charge in [0.1, 0.15) is 13.2 Å². The third kappa shape index (κ3) is 36.2. The number of carbonyl (C=O) groups excluding carboxylic acids is 1. The molecule has 0 fully saturated rings. The minimum Gasteiger partial charge on any atom is -0.375 e. The first-order valence-electron chi connectivity index (χ1n) is 22.0. The number of hydrogen-bond donors (Lipinski definition) is 2. The molecular formula is C43H88N2O6P+. The van der Waals surface area contributed by atoms with Crippen LogP contribution in [0.15, 0.2) is 12.2 Å². The van der Waals surface area contributed by atoms with Crippen molar-refractivity contribution >= 4 is 13.7 Å². The quantitative estimate of drug-likeness (QED) is 0.0280. The molecule has 52 heavy (non-hydrogen) atoms. The predicted molar refractivity (Wildman–Crippen MR) is 222 cm³/mol. The van der Waals surface area contributed by atoms with Gasteiger partial charge < -0.3 is 19.4 Å². The lowest BCUT2D eigenvalue weighted by Gasteiger charge is -2.26. The molecule has 0 rings (SSSR count). The fraction of sp³-hybridized carbons (Fsp3) is 0.930. The van der Waals surface area contributed by atoms with E-state index in [2.05, 4.69) is 25.2 Å². The van der Waals surface area contributed by atoms with Crippen molar-refractivity contribution in [1.29, 1.82) is 0 Å². The van der Waals surface area contributed by atoms with Crippen LogP contribution in [0.3, 0.4) is 0 Å². The number of carbonyl (C=O) groups is 1. The molecule has 0 aliphatic rings. The zero-order valence-electron chi connectivity index (χ0n) is 35.3. The van der Waals surface area contributed by atoms with Crippen molar-refractivity contribution in [1.82, 2.24) is 5.32 Å². The number of ether oxygens (including phenoxy) is 1. The Hall–Kier alpha value is -0.760. The van der Waals surface area contributed by atoms with Gasteiger partial charge in [0.05, 0.1) is 39.9 Å². The first kappa shape index (κ1) is 51.2. The van der Waals surface area contributed by atoms with E-state index in [1.165, 1.54) is 148 Å². The molecule has 3 unspecified atom stereocenters. The Labute approximate surface area is 323 Å². The highest BCUT2D eigenvalue weighted by Gasteiger charge is 2.28. The summed E-state index contributed by atoms with van der Waals surface area (Å²) in [5, 5.41) is 3.04. The Morgan fingerprint density at radius 1 is 0.654 bits per heavy atom. The molecule has 3 atom stereocenters. The van der Waals surface area contributed by atoms with Gasteiger partial charge in [-0.1, -0.05) is 187 Å². The van der Waals surface area contributed by atoms with Crippen LogP contribution in [-0.2, 0) is 23.1 Å². The van der Waals surface area contributed by atoms with Crippen LogP contribution in [0.5, 0.6) is 0 Å². The van der Waals surface area contributed by atoms with E-state index in [0.29, 0.717) is 17.4 Å². The zero-order chi connectivity index (χ0) is 38.6. The second-order valence-corrected chi connectivity index (χ2v) is 17.7. The maximum absolute atomic E-state index is 13.0. The molecule has 1 amide bonds. The van der Waals surface area contributed by atoms with E-state index in [1.54, 1.807) is 7.11 Å². The molecule has 0 aromatic rings. The predicted octanol–water partition coefficient (Wildman–Crippen LogP) is 12.2. The maximum Gasteiger partial charge on any atom is 0.472 e. The minimum absolute atomic E-state index is 0.0847. The summed E-state index contributed by atoms with van der Waals surface area (Å²) >= 11 is 0. The number of methoxy groups -OCH3 is 1. The van der Waals surface area contributed by atoms with Gasteiger partial charge >= 0.3 is 7.82 Å². The smallest absolute Gasteiger partial charge is 0.375 e. The molecule has 0 aliphatic heterocycles. The Kier molecular flexibility index (Phi) is 35.4. The summed E-state index contributed by atoms with van der Waals surface area (Å²) in [7, 11) is 3.29. The summed E-state index contributed by atoms with van der Waals surface area (Å²) in [5.41, 5.74) is 0. The second kappa shape index (κ2) is 35.9. The number of phosphoric acid groups is 1. The van der Waals surface area contributed by atoms with Gasteiger partial charge in [-0.15, -0.1) is 0 Å². The molecule has 0 saturated carbocycles. The average Bonchev–Trinajstić information content (AvgIpc) is 3.09. The fourth-order valence-corrected chi connectivity index (χ4v) is 7.24. The Balaban J connectivity index is 4.54. The molecule has 8 nitrogen and oxygen atoms in total. The third-order valence-corrected chi connectivity index (χ3v) is 11.0.